The lowest BCUT2D eigenvalue weighted by molar-refractivity contribution is -0.148. The van der Waals surface area contributed by atoms with E-state index in [1.165, 1.54) is 12.0 Å². The van der Waals surface area contributed by atoms with Gasteiger partial charge in [0, 0.05) is 6.54 Å². The molecule has 0 aliphatic carbocycles. The summed E-state index contributed by atoms with van der Waals surface area (Å²) in [5.41, 5.74) is 6.90. The van der Waals surface area contributed by atoms with Crippen LogP contribution in [0.3, 0.4) is 0 Å². The van der Waals surface area contributed by atoms with Crippen LogP contribution in [0, 0.1) is 5.92 Å². The van der Waals surface area contributed by atoms with Gasteiger partial charge in [0.25, 0.3) is 0 Å². The van der Waals surface area contributed by atoms with Crippen molar-refractivity contribution in [1.82, 2.24) is 4.90 Å². The van der Waals surface area contributed by atoms with E-state index >= 15 is 0 Å². The summed E-state index contributed by atoms with van der Waals surface area (Å²) in [6.45, 7) is 4.28. The molecule has 0 heterocycles. The molecule has 0 spiro atoms. The van der Waals surface area contributed by atoms with Gasteiger partial charge in [-0.2, -0.15) is 0 Å². The Labute approximate surface area is 126 Å². The van der Waals surface area contributed by atoms with Gasteiger partial charge in [-0.05, 0) is 17.9 Å². The summed E-state index contributed by atoms with van der Waals surface area (Å²) in [7, 11) is 1.31. The standard InChI is InChI=1S/C16H24N2O3/c1-12(2)9-14(17)16(20)18(11-15(19)21-3)10-13-7-5-4-6-8-13/h4-8,12,14H,9-11,17H2,1-3H3/t14-/m1/s1. The van der Waals surface area contributed by atoms with Crippen molar-refractivity contribution >= 4 is 11.9 Å². The van der Waals surface area contributed by atoms with Gasteiger partial charge in [-0.25, -0.2) is 0 Å². The van der Waals surface area contributed by atoms with Crippen molar-refractivity contribution in [2.75, 3.05) is 13.7 Å². The summed E-state index contributed by atoms with van der Waals surface area (Å²) >= 11 is 0. The molecule has 21 heavy (non-hydrogen) atoms. The third-order valence-corrected chi connectivity index (χ3v) is 3.12. The fourth-order valence-electron chi connectivity index (χ4n) is 2.08. The highest BCUT2D eigenvalue weighted by molar-refractivity contribution is 5.85. The van der Waals surface area contributed by atoms with E-state index < -0.39 is 12.0 Å². The van der Waals surface area contributed by atoms with Crippen LogP contribution in [-0.4, -0.2) is 36.5 Å². The molecule has 0 aliphatic heterocycles. The Morgan fingerprint density at radius 3 is 2.38 bits per heavy atom. The number of hydrogen-bond donors (Lipinski definition) is 1. The van der Waals surface area contributed by atoms with Gasteiger partial charge in [-0.15, -0.1) is 0 Å². The first-order valence-corrected chi connectivity index (χ1v) is 7.09. The molecule has 5 heteroatoms. The highest BCUT2D eigenvalue weighted by Crippen LogP contribution is 2.10. The summed E-state index contributed by atoms with van der Waals surface area (Å²) in [5, 5.41) is 0. The molecule has 0 aromatic heterocycles. The second-order valence-electron chi connectivity index (χ2n) is 5.49. The Kier molecular flexibility index (Phi) is 6.88. The molecule has 0 radical (unpaired) electrons. The van der Waals surface area contributed by atoms with Crippen LogP contribution in [0.1, 0.15) is 25.8 Å². The summed E-state index contributed by atoms with van der Waals surface area (Å²) in [6, 6.07) is 8.91. The number of esters is 1. The van der Waals surface area contributed by atoms with Crippen molar-refractivity contribution in [3.8, 4) is 0 Å². The minimum absolute atomic E-state index is 0.0873. The lowest BCUT2D eigenvalue weighted by Crippen LogP contribution is -2.46. The van der Waals surface area contributed by atoms with Gasteiger partial charge in [-0.1, -0.05) is 44.2 Å². The van der Waals surface area contributed by atoms with Crippen molar-refractivity contribution in [2.24, 2.45) is 11.7 Å². The van der Waals surface area contributed by atoms with Gasteiger partial charge >= 0.3 is 5.97 Å². The average molecular weight is 292 g/mol. The van der Waals surface area contributed by atoms with Crippen LogP contribution in [0.4, 0.5) is 0 Å². The maximum atomic E-state index is 12.4. The molecule has 0 saturated heterocycles. The molecule has 1 aromatic rings. The van der Waals surface area contributed by atoms with Crippen molar-refractivity contribution in [3.63, 3.8) is 0 Å². The fraction of sp³-hybridized carbons (Fsp3) is 0.500. The van der Waals surface area contributed by atoms with E-state index in [-0.39, 0.29) is 12.5 Å². The van der Waals surface area contributed by atoms with E-state index in [9.17, 15) is 9.59 Å². The molecular weight excluding hydrogens is 268 g/mol. The second kappa shape index (κ2) is 8.42. The Morgan fingerprint density at radius 2 is 1.86 bits per heavy atom. The van der Waals surface area contributed by atoms with Crippen molar-refractivity contribution in [3.05, 3.63) is 35.9 Å². The molecule has 1 atom stereocenters. The van der Waals surface area contributed by atoms with Crippen molar-refractivity contribution in [2.45, 2.75) is 32.9 Å². The van der Waals surface area contributed by atoms with Gasteiger partial charge in [0.05, 0.1) is 13.2 Å². The SMILES string of the molecule is COC(=O)CN(Cc1ccccc1)C(=O)[C@H](N)CC(C)C. The first-order valence-electron chi connectivity index (χ1n) is 7.09. The van der Waals surface area contributed by atoms with E-state index in [1.54, 1.807) is 0 Å². The molecule has 0 unspecified atom stereocenters. The first-order chi connectivity index (χ1) is 9.93. The quantitative estimate of drug-likeness (QED) is 0.774. The molecule has 0 bridgehead atoms. The number of carbonyl (C=O) groups is 2. The lowest BCUT2D eigenvalue weighted by atomic mass is 10.0. The van der Waals surface area contributed by atoms with E-state index in [0.29, 0.717) is 18.9 Å². The van der Waals surface area contributed by atoms with Crippen molar-refractivity contribution < 1.29 is 14.3 Å². The molecule has 0 aliphatic rings. The first kappa shape index (κ1) is 17.2. The topological polar surface area (TPSA) is 72.6 Å². The third-order valence-electron chi connectivity index (χ3n) is 3.12. The van der Waals surface area contributed by atoms with Crippen LogP contribution < -0.4 is 5.73 Å². The van der Waals surface area contributed by atoms with Crippen molar-refractivity contribution in [1.29, 1.82) is 0 Å². The predicted octanol–water partition coefficient (Wildman–Crippen LogP) is 1.56. The number of ether oxygens (including phenoxy) is 1. The molecule has 1 rings (SSSR count). The summed E-state index contributed by atoms with van der Waals surface area (Å²) in [4.78, 5) is 25.4. The Balaban J connectivity index is 2.81. The Hall–Kier alpha value is -1.88. The number of benzene rings is 1. The molecular formula is C16H24N2O3. The summed E-state index contributed by atoms with van der Waals surface area (Å²) in [6.07, 6.45) is 0.589. The number of hydrogen-bond acceptors (Lipinski definition) is 4. The van der Waals surface area contributed by atoms with Crippen LogP contribution in [0.25, 0.3) is 0 Å². The predicted molar refractivity (Wildman–Crippen MR) is 81.3 cm³/mol. The van der Waals surface area contributed by atoms with E-state index in [2.05, 4.69) is 4.74 Å². The number of methoxy groups -OCH3 is 1. The average Bonchev–Trinajstić information content (AvgIpc) is 2.46. The molecule has 116 valence electrons. The third kappa shape index (κ3) is 5.95. The molecule has 0 fully saturated rings. The molecule has 1 aromatic carbocycles. The number of carbonyl (C=O) groups excluding carboxylic acids is 2. The minimum Gasteiger partial charge on any atom is -0.468 e. The van der Waals surface area contributed by atoms with Crippen LogP contribution >= 0.6 is 0 Å². The molecule has 0 saturated carbocycles. The zero-order chi connectivity index (χ0) is 15.8. The van der Waals surface area contributed by atoms with Crippen LogP contribution in [-0.2, 0) is 20.9 Å². The van der Waals surface area contributed by atoms with Gasteiger partial charge in [-0.3, -0.25) is 9.59 Å². The van der Waals surface area contributed by atoms with Crippen LogP contribution in [0.2, 0.25) is 0 Å². The highest BCUT2D eigenvalue weighted by atomic mass is 16.5. The largest absolute Gasteiger partial charge is 0.468 e. The Morgan fingerprint density at radius 1 is 1.24 bits per heavy atom. The highest BCUT2D eigenvalue weighted by Gasteiger charge is 2.24. The maximum Gasteiger partial charge on any atom is 0.325 e. The van der Waals surface area contributed by atoms with E-state index in [1.807, 2.05) is 44.2 Å². The zero-order valence-corrected chi connectivity index (χ0v) is 12.9. The van der Waals surface area contributed by atoms with Gasteiger partial charge in [0.1, 0.15) is 6.54 Å². The number of rotatable bonds is 7. The summed E-state index contributed by atoms with van der Waals surface area (Å²) < 4.78 is 4.66. The van der Waals surface area contributed by atoms with E-state index in [0.717, 1.165) is 5.56 Å². The second-order valence-corrected chi connectivity index (χ2v) is 5.49. The monoisotopic (exact) mass is 292 g/mol. The normalized spacial score (nSPS) is 12.0. The van der Waals surface area contributed by atoms with Gasteiger partial charge in [0.2, 0.25) is 5.91 Å². The fourth-order valence-corrected chi connectivity index (χ4v) is 2.08. The van der Waals surface area contributed by atoms with Gasteiger partial charge in [0.15, 0.2) is 0 Å². The number of amides is 1. The lowest BCUT2D eigenvalue weighted by Gasteiger charge is -2.25. The molecule has 1 amide bonds. The summed E-state index contributed by atoms with van der Waals surface area (Å²) in [5.74, 6) is -0.352. The van der Waals surface area contributed by atoms with Crippen LogP contribution in [0.15, 0.2) is 30.3 Å². The molecule has 2 N–H and O–H groups in total. The number of nitrogens with two attached hydrogens (primary N) is 1. The molecule has 5 nitrogen and oxygen atoms in total. The minimum atomic E-state index is -0.599. The number of nitrogens with zero attached hydrogens (tertiary/aromatic N) is 1. The smallest absolute Gasteiger partial charge is 0.325 e. The van der Waals surface area contributed by atoms with Crippen LogP contribution in [0.5, 0.6) is 0 Å². The zero-order valence-electron chi connectivity index (χ0n) is 12.9. The Bertz CT molecular complexity index is 460. The maximum absolute atomic E-state index is 12.4. The van der Waals surface area contributed by atoms with Gasteiger partial charge < -0.3 is 15.4 Å². The van der Waals surface area contributed by atoms with E-state index in [4.69, 9.17) is 5.73 Å².